The number of hydrogen-bond acceptors (Lipinski definition) is 3. The number of carbonyl (C=O) groups is 1. The zero-order valence-corrected chi connectivity index (χ0v) is 14.3. The first-order chi connectivity index (χ1) is 10.9. The summed E-state index contributed by atoms with van der Waals surface area (Å²) in [4.78, 5) is 14.3. The number of aryl methyl sites for hydroxylation is 2. The van der Waals surface area contributed by atoms with Crippen molar-refractivity contribution in [3.63, 3.8) is 0 Å². The van der Waals surface area contributed by atoms with Crippen molar-refractivity contribution in [2.24, 2.45) is 0 Å². The fraction of sp³-hybridized carbons (Fsp3) is 0.316. The van der Waals surface area contributed by atoms with E-state index in [0.717, 1.165) is 22.4 Å². The highest BCUT2D eigenvalue weighted by molar-refractivity contribution is 5.94. The molecule has 0 aliphatic heterocycles. The first-order valence-electron chi connectivity index (χ1n) is 7.49. The van der Waals surface area contributed by atoms with E-state index in [0.29, 0.717) is 17.9 Å². The van der Waals surface area contributed by atoms with Crippen molar-refractivity contribution >= 4 is 5.91 Å². The molecule has 2 aromatic carbocycles. The minimum Gasteiger partial charge on any atom is -0.497 e. The molecule has 0 aromatic heterocycles. The molecule has 0 bridgehead atoms. The van der Waals surface area contributed by atoms with E-state index in [4.69, 9.17) is 9.47 Å². The molecule has 0 radical (unpaired) electrons. The van der Waals surface area contributed by atoms with Gasteiger partial charge in [0, 0.05) is 30.8 Å². The second kappa shape index (κ2) is 7.18. The highest BCUT2D eigenvalue weighted by Crippen LogP contribution is 2.26. The molecule has 0 spiro atoms. The van der Waals surface area contributed by atoms with Crippen LogP contribution in [0.1, 0.15) is 27.0 Å². The molecule has 0 unspecified atom stereocenters. The molecule has 0 saturated heterocycles. The van der Waals surface area contributed by atoms with E-state index in [1.807, 2.05) is 44.2 Å². The molecule has 1 amide bonds. The Labute approximate surface area is 137 Å². The van der Waals surface area contributed by atoms with Gasteiger partial charge >= 0.3 is 0 Å². The van der Waals surface area contributed by atoms with Crippen LogP contribution in [0.25, 0.3) is 0 Å². The Kier molecular flexibility index (Phi) is 5.27. The summed E-state index contributed by atoms with van der Waals surface area (Å²) in [7, 11) is 5.03. The van der Waals surface area contributed by atoms with Crippen LogP contribution in [0.3, 0.4) is 0 Å². The number of rotatable bonds is 5. The Hall–Kier alpha value is -2.49. The lowest BCUT2D eigenvalue weighted by Crippen LogP contribution is -2.26. The van der Waals surface area contributed by atoms with E-state index in [-0.39, 0.29) is 5.91 Å². The number of carbonyl (C=O) groups excluding carboxylic acids is 1. The van der Waals surface area contributed by atoms with Crippen LogP contribution in [-0.2, 0) is 6.54 Å². The molecule has 0 aliphatic carbocycles. The standard InChI is InChI=1S/C19H23NO3/c1-13-8-14(2)10-16(9-13)19(21)20(3)12-15-6-7-17(22-4)11-18(15)23-5/h6-11H,12H2,1-5H3. The Morgan fingerprint density at radius 3 is 2.22 bits per heavy atom. The molecule has 4 heteroatoms. The van der Waals surface area contributed by atoms with E-state index in [1.165, 1.54) is 0 Å². The third-order valence-electron chi connectivity index (χ3n) is 3.72. The lowest BCUT2D eigenvalue weighted by atomic mass is 10.1. The molecular weight excluding hydrogens is 290 g/mol. The number of benzene rings is 2. The zero-order valence-electron chi connectivity index (χ0n) is 14.3. The summed E-state index contributed by atoms with van der Waals surface area (Å²) in [5, 5.41) is 0. The van der Waals surface area contributed by atoms with Gasteiger partial charge in [0.25, 0.3) is 5.91 Å². The Balaban J connectivity index is 2.21. The molecular formula is C19H23NO3. The van der Waals surface area contributed by atoms with Gasteiger partial charge in [0.1, 0.15) is 11.5 Å². The number of methoxy groups -OCH3 is 2. The summed E-state index contributed by atoms with van der Waals surface area (Å²) >= 11 is 0. The predicted octanol–water partition coefficient (Wildman–Crippen LogP) is 3.59. The second-order valence-electron chi connectivity index (χ2n) is 5.72. The fourth-order valence-electron chi connectivity index (χ4n) is 2.63. The first-order valence-corrected chi connectivity index (χ1v) is 7.49. The molecule has 0 fully saturated rings. The molecule has 0 aliphatic rings. The number of ether oxygens (including phenoxy) is 2. The normalized spacial score (nSPS) is 10.3. The summed E-state index contributed by atoms with van der Waals surface area (Å²) < 4.78 is 10.6. The number of hydrogen-bond donors (Lipinski definition) is 0. The van der Waals surface area contributed by atoms with Gasteiger partial charge < -0.3 is 14.4 Å². The molecule has 0 heterocycles. The monoisotopic (exact) mass is 313 g/mol. The van der Waals surface area contributed by atoms with Crippen molar-refractivity contribution in [3.05, 3.63) is 58.7 Å². The predicted molar refractivity (Wildman–Crippen MR) is 91.3 cm³/mol. The summed E-state index contributed by atoms with van der Waals surface area (Å²) in [5.41, 5.74) is 3.82. The van der Waals surface area contributed by atoms with Crippen molar-refractivity contribution in [2.45, 2.75) is 20.4 Å². The maximum atomic E-state index is 12.6. The van der Waals surface area contributed by atoms with Gasteiger partial charge in [-0.3, -0.25) is 4.79 Å². The zero-order chi connectivity index (χ0) is 17.0. The van der Waals surface area contributed by atoms with Crippen LogP contribution in [0.2, 0.25) is 0 Å². The van der Waals surface area contributed by atoms with Crippen molar-refractivity contribution in [3.8, 4) is 11.5 Å². The average molecular weight is 313 g/mol. The van der Waals surface area contributed by atoms with E-state index in [2.05, 4.69) is 6.07 Å². The van der Waals surface area contributed by atoms with Gasteiger partial charge in [-0.25, -0.2) is 0 Å². The van der Waals surface area contributed by atoms with Crippen molar-refractivity contribution in [1.82, 2.24) is 4.90 Å². The fourth-order valence-corrected chi connectivity index (χ4v) is 2.63. The van der Waals surface area contributed by atoms with Crippen LogP contribution < -0.4 is 9.47 Å². The van der Waals surface area contributed by atoms with Crippen LogP contribution in [0, 0.1) is 13.8 Å². The lowest BCUT2D eigenvalue weighted by Gasteiger charge is -2.20. The van der Waals surface area contributed by atoms with Crippen LogP contribution in [0.5, 0.6) is 11.5 Å². The van der Waals surface area contributed by atoms with Crippen molar-refractivity contribution < 1.29 is 14.3 Å². The first kappa shape index (κ1) is 16.9. The summed E-state index contributed by atoms with van der Waals surface area (Å²) in [6.45, 7) is 4.46. The average Bonchev–Trinajstić information content (AvgIpc) is 2.53. The third kappa shape index (κ3) is 4.03. The van der Waals surface area contributed by atoms with Crippen LogP contribution in [0.4, 0.5) is 0 Å². The van der Waals surface area contributed by atoms with Crippen LogP contribution in [-0.4, -0.2) is 32.1 Å². The third-order valence-corrected chi connectivity index (χ3v) is 3.72. The molecule has 122 valence electrons. The minimum atomic E-state index is -0.00493. The van der Waals surface area contributed by atoms with Gasteiger partial charge in [0.2, 0.25) is 0 Å². The molecule has 2 aromatic rings. The SMILES string of the molecule is COc1ccc(CN(C)C(=O)c2cc(C)cc(C)c2)c(OC)c1. The molecule has 0 atom stereocenters. The van der Waals surface area contributed by atoms with Gasteiger partial charge in [-0.2, -0.15) is 0 Å². The van der Waals surface area contributed by atoms with Crippen molar-refractivity contribution in [1.29, 1.82) is 0 Å². The van der Waals surface area contributed by atoms with Gasteiger partial charge in [0.15, 0.2) is 0 Å². The molecule has 0 saturated carbocycles. The summed E-state index contributed by atoms with van der Waals surface area (Å²) in [6.07, 6.45) is 0. The van der Waals surface area contributed by atoms with Gasteiger partial charge in [0.05, 0.1) is 14.2 Å². The van der Waals surface area contributed by atoms with Crippen LogP contribution >= 0.6 is 0 Å². The second-order valence-corrected chi connectivity index (χ2v) is 5.72. The van der Waals surface area contributed by atoms with Gasteiger partial charge in [-0.1, -0.05) is 17.2 Å². The quantitative estimate of drug-likeness (QED) is 0.846. The maximum absolute atomic E-state index is 12.6. The van der Waals surface area contributed by atoms with Crippen LogP contribution in [0.15, 0.2) is 36.4 Å². The summed E-state index contributed by atoms with van der Waals surface area (Å²) in [6, 6.07) is 11.5. The highest BCUT2D eigenvalue weighted by Gasteiger charge is 2.15. The van der Waals surface area contributed by atoms with Gasteiger partial charge in [-0.15, -0.1) is 0 Å². The van der Waals surface area contributed by atoms with E-state index < -0.39 is 0 Å². The summed E-state index contributed by atoms with van der Waals surface area (Å²) in [5.74, 6) is 1.44. The van der Waals surface area contributed by atoms with E-state index >= 15 is 0 Å². The Morgan fingerprint density at radius 1 is 1.00 bits per heavy atom. The Morgan fingerprint density at radius 2 is 1.65 bits per heavy atom. The number of amides is 1. The molecule has 2 rings (SSSR count). The smallest absolute Gasteiger partial charge is 0.253 e. The van der Waals surface area contributed by atoms with E-state index in [9.17, 15) is 4.79 Å². The minimum absolute atomic E-state index is 0.00493. The lowest BCUT2D eigenvalue weighted by molar-refractivity contribution is 0.0784. The van der Waals surface area contributed by atoms with Gasteiger partial charge in [-0.05, 0) is 38.1 Å². The largest absolute Gasteiger partial charge is 0.497 e. The molecule has 0 N–H and O–H groups in total. The molecule has 4 nitrogen and oxygen atoms in total. The topological polar surface area (TPSA) is 38.8 Å². The highest BCUT2D eigenvalue weighted by atomic mass is 16.5. The van der Waals surface area contributed by atoms with Crippen molar-refractivity contribution in [2.75, 3.05) is 21.3 Å². The number of nitrogens with zero attached hydrogens (tertiary/aromatic N) is 1. The maximum Gasteiger partial charge on any atom is 0.253 e. The molecule has 23 heavy (non-hydrogen) atoms. The van der Waals surface area contributed by atoms with E-state index in [1.54, 1.807) is 26.2 Å². The Bertz CT molecular complexity index is 690.